The maximum absolute atomic E-state index is 13.4. The first-order chi connectivity index (χ1) is 7.15. The second-order valence-corrected chi connectivity index (χ2v) is 4.21. The topological polar surface area (TPSA) is 29.1 Å². The van der Waals surface area contributed by atoms with Crippen molar-refractivity contribution in [2.24, 2.45) is 5.92 Å². The molecule has 3 rings (SSSR count). The molecule has 0 saturated heterocycles. The predicted octanol–water partition coefficient (Wildman–Crippen LogP) is 2.41. The van der Waals surface area contributed by atoms with Gasteiger partial charge in [-0.1, -0.05) is 0 Å². The first-order valence-corrected chi connectivity index (χ1v) is 4.94. The van der Waals surface area contributed by atoms with Crippen LogP contribution in [0.1, 0.15) is 24.3 Å². The third-order valence-electron chi connectivity index (χ3n) is 3.12. The molecule has 2 nitrogen and oxygen atoms in total. The molecule has 15 heavy (non-hydrogen) atoms. The van der Waals surface area contributed by atoms with Crippen LogP contribution in [0.4, 0.5) is 14.5 Å². The fourth-order valence-corrected chi connectivity index (χ4v) is 2.30. The van der Waals surface area contributed by atoms with E-state index < -0.39 is 11.6 Å². The van der Waals surface area contributed by atoms with E-state index in [1.54, 1.807) is 0 Å². The van der Waals surface area contributed by atoms with E-state index in [0.29, 0.717) is 12.0 Å². The summed E-state index contributed by atoms with van der Waals surface area (Å²) in [7, 11) is 0. The van der Waals surface area contributed by atoms with Crippen LogP contribution in [0.2, 0.25) is 0 Å². The van der Waals surface area contributed by atoms with Crippen molar-refractivity contribution in [3.63, 3.8) is 0 Å². The third kappa shape index (κ3) is 1.32. The SMILES string of the molecule is O=C1CC2CC2c2cc(F)cc(F)c2N1. The van der Waals surface area contributed by atoms with E-state index in [0.717, 1.165) is 12.5 Å². The van der Waals surface area contributed by atoms with Gasteiger partial charge in [0.05, 0.1) is 5.69 Å². The van der Waals surface area contributed by atoms with Crippen LogP contribution in [-0.2, 0) is 4.79 Å². The predicted molar refractivity (Wildman–Crippen MR) is 50.5 cm³/mol. The van der Waals surface area contributed by atoms with Crippen LogP contribution in [0.5, 0.6) is 0 Å². The van der Waals surface area contributed by atoms with E-state index in [2.05, 4.69) is 5.32 Å². The van der Waals surface area contributed by atoms with Crippen molar-refractivity contribution in [3.8, 4) is 0 Å². The zero-order valence-corrected chi connectivity index (χ0v) is 7.89. The molecular weight excluding hydrogens is 200 g/mol. The lowest BCUT2D eigenvalue weighted by molar-refractivity contribution is -0.116. The van der Waals surface area contributed by atoms with Crippen LogP contribution < -0.4 is 5.32 Å². The highest BCUT2D eigenvalue weighted by Crippen LogP contribution is 2.53. The number of hydrogen-bond acceptors (Lipinski definition) is 1. The number of hydrogen-bond donors (Lipinski definition) is 1. The quantitative estimate of drug-likeness (QED) is 0.698. The highest BCUT2D eigenvalue weighted by molar-refractivity contribution is 5.93. The summed E-state index contributed by atoms with van der Waals surface area (Å²) in [6.07, 6.45) is 1.28. The van der Waals surface area contributed by atoms with Gasteiger partial charge in [-0.15, -0.1) is 0 Å². The average Bonchev–Trinajstić information content (AvgIpc) is 2.87. The summed E-state index contributed by atoms with van der Waals surface area (Å²) in [6.45, 7) is 0. The van der Waals surface area contributed by atoms with Crippen LogP contribution in [0, 0.1) is 17.6 Å². The summed E-state index contributed by atoms with van der Waals surface area (Å²) in [6, 6.07) is 2.14. The highest BCUT2D eigenvalue weighted by Gasteiger charge is 2.44. The van der Waals surface area contributed by atoms with Crippen molar-refractivity contribution in [1.29, 1.82) is 0 Å². The second kappa shape index (κ2) is 2.78. The number of benzene rings is 1. The molecule has 0 spiro atoms. The maximum Gasteiger partial charge on any atom is 0.224 e. The summed E-state index contributed by atoms with van der Waals surface area (Å²) < 4.78 is 26.4. The van der Waals surface area contributed by atoms with Gasteiger partial charge in [0.2, 0.25) is 5.91 Å². The standard InChI is InChI=1S/C11H9F2NO/c12-6-3-8-7-1-5(7)2-10(15)14-11(8)9(13)4-6/h3-5,7H,1-2H2,(H,14,15). The van der Waals surface area contributed by atoms with Crippen molar-refractivity contribution >= 4 is 11.6 Å². The Hall–Kier alpha value is -1.45. The van der Waals surface area contributed by atoms with Crippen LogP contribution in [0.3, 0.4) is 0 Å². The zero-order chi connectivity index (χ0) is 10.6. The van der Waals surface area contributed by atoms with Gasteiger partial charge in [0, 0.05) is 12.5 Å². The van der Waals surface area contributed by atoms with Crippen molar-refractivity contribution in [2.75, 3.05) is 5.32 Å². The summed E-state index contributed by atoms with van der Waals surface area (Å²) in [5, 5.41) is 2.50. The number of amides is 1. The van der Waals surface area contributed by atoms with Gasteiger partial charge in [-0.2, -0.15) is 0 Å². The van der Waals surface area contributed by atoms with E-state index in [-0.39, 0.29) is 23.4 Å². The largest absolute Gasteiger partial charge is 0.323 e. The normalized spacial score (nSPS) is 27.5. The van der Waals surface area contributed by atoms with E-state index in [4.69, 9.17) is 0 Å². The van der Waals surface area contributed by atoms with Crippen LogP contribution in [-0.4, -0.2) is 5.91 Å². The minimum atomic E-state index is -0.675. The summed E-state index contributed by atoms with van der Waals surface area (Å²) >= 11 is 0. The monoisotopic (exact) mass is 209 g/mol. The molecule has 0 aromatic heterocycles. The smallest absolute Gasteiger partial charge is 0.224 e. The van der Waals surface area contributed by atoms with Crippen molar-refractivity contribution < 1.29 is 13.6 Å². The Labute approximate surface area is 85.3 Å². The molecule has 1 saturated carbocycles. The van der Waals surface area contributed by atoms with Gasteiger partial charge in [0.25, 0.3) is 0 Å². The van der Waals surface area contributed by atoms with Gasteiger partial charge in [-0.3, -0.25) is 4.79 Å². The number of halogens is 2. The molecular formula is C11H9F2NO. The number of carbonyl (C=O) groups is 1. The Kier molecular flexibility index (Phi) is 1.63. The molecule has 2 unspecified atom stereocenters. The third-order valence-corrected chi connectivity index (χ3v) is 3.12. The summed E-state index contributed by atoms with van der Waals surface area (Å²) in [4.78, 5) is 11.3. The van der Waals surface area contributed by atoms with Crippen molar-refractivity contribution in [3.05, 3.63) is 29.3 Å². The summed E-state index contributed by atoms with van der Waals surface area (Å²) in [5.74, 6) is -0.998. The van der Waals surface area contributed by atoms with Gasteiger partial charge in [0.1, 0.15) is 11.6 Å². The molecule has 1 N–H and O–H groups in total. The molecule has 78 valence electrons. The Morgan fingerprint density at radius 3 is 2.93 bits per heavy atom. The zero-order valence-electron chi connectivity index (χ0n) is 7.89. The highest BCUT2D eigenvalue weighted by atomic mass is 19.1. The first-order valence-electron chi connectivity index (χ1n) is 4.94. The molecule has 4 heteroatoms. The lowest BCUT2D eigenvalue weighted by atomic mass is 10.1. The van der Waals surface area contributed by atoms with Crippen LogP contribution in [0.25, 0.3) is 0 Å². The van der Waals surface area contributed by atoms with E-state index in [1.165, 1.54) is 6.07 Å². The number of rotatable bonds is 0. The summed E-state index contributed by atoms with van der Waals surface area (Å²) in [5.41, 5.74) is 0.787. The minimum Gasteiger partial charge on any atom is -0.323 e. The molecule has 0 bridgehead atoms. The molecule has 2 atom stereocenters. The van der Waals surface area contributed by atoms with Gasteiger partial charge < -0.3 is 5.32 Å². The molecule has 1 amide bonds. The molecule has 1 aliphatic carbocycles. The van der Waals surface area contributed by atoms with E-state index in [1.807, 2.05) is 0 Å². The average molecular weight is 209 g/mol. The molecule has 1 aromatic rings. The lowest BCUT2D eigenvalue weighted by Gasteiger charge is -2.09. The minimum absolute atomic E-state index is 0.157. The fourth-order valence-electron chi connectivity index (χ4n) is 2.30. The first kappa shape index (κ1) is 8.83. The molecule has 1 aliphatic heterocycles. The Morgan fingerprint density at radius 2 is 2.13 bits per heavy atom. The number of nitrogens with one attached hydrogen (secondary N) is 1. The number of carbonyl (C=O) groups excluding carboxylic acids is 1. The van der Waals surface area contributed by atoms with Crippen molar-refractivity contribution in [2.45, 2.75) is 18.8 Å². The Balaban J connectivity index is 2.17. The van der Waals surface area contributed by atoms with Crippen molar-refractivity contribution in [1.82, 2.24) is 0 Å². The fraction of sp³-hybridized carbons (Fsp3) is 0.364. The maximum atomic E-state index is 13.4. The van der Waals surface area contributed by atoms with Gasteiger partial charge in [0.15, 0.2) is 0 Å². The number of fused-ring (bicyclic) bond motifs is 3. The van der Waals surface area contributed by atoms with E-state index in [9.17, 15) is 13.6 Å². The Morgan fingerprint density at radius 1 is 1.33 bits per heavy atom. The number of anilines is 1. The van der Waals surface area contributed by atoms with Crippen LogP contribution in [0.15, 0.2) is 12.1 Å². The molecule has 1 fully saturated rings. The molecule has 1 heterocycles. The Bertz CT molecular complexity index is 458. The molecule has 1 aromatic carbocycles. The van der Waals surface area contributed by atoms with Crippen LogP contribution >= 0.6 is 0 Å². The van der Waals surface area contributed by atoms with Gasteiger partial charge in [-0.05, 0) is 29.9 Å². The molecule has 2 aliphatic rings. The molecule has 0 radical (unpaired) electrons. The second-order valence-electron chi connectivity index (χ2n) is 4.21. The van der Waals surface area contributed by atoms with E-state index >= 15 is 0 Å². The lowest BCUT2D eigenvalue weighted by Crippen LogP contribution is -2.12. The van der Waals surface area contributed by atoms with Gasteiger partial charge >= 0.3 is 0 Å². The van der Waals surface area contributed by atoms with Gasteiger partial charge in [-0.25, -0.2) is 8.78 Å².